The molecule has 0 fully saturated rings. The van der Waals surface area contributed by atoms with E-state index < -0.39 is 20.3 Å². The number of hydrogen-bond donors (Lipinski definition) is 4. The fourth-order valence-electron chi connectivity index (χ4n) is 1.90. The van der Waals surface area contributed by atoms with Crippen LogP contribution in [0.2, 0.25) is 0 Å². The van der Waals surface area contributed by atoms with Crippen molar-refractivity contribution < 1.29 is 21.4 Å². The molecule has 0 aliphatic carbocycles. The van der Waals surface area contributed by atoms with Crippen LogP contribution in [0.5, 0.6) is 0 Å². The molecule has 124 valence electrons. The minimum atomic E-state index is -4.55. The van der Waals surface area contributed by atoms with Crippen LogP contribution in [0.15, 0.2) is 48.5 Å². The summed E-state index contributed by atoms with van der Waals surface area (Å²) in [6.07, 6.45) is 0.941. The molecule has 0 aliphatic heterocycles. The van der Waals surface area contributed by atoms with Crippen LogP contribution in [0.1, 0.15) is 0 Å². The van der Waals surface area contributed by atoms with E-state index in [1.54, 1.807) is 42.5 Å². The molecule has 2 rings (SSSR count). The highest BCUT2D eigenvalue weighted by molar-refractivity contribution is 7.88. The predicted molar refractivity (Wildman–Crippen MR) is 88.7 cm³/mol. The lowest BCUT2D eigenvalue weighted by Crippen LogP contribution is -2.29. The van der Waals surface area contributed by atoms with Crippen molar-refractivity contribution in [1.82, 2.24) is 4.83 Å². The Bertz CT molecular complexity index is 896. The average molecular weight is 357 g/mol. The third-order valence-electron chi connectivity index (χ3n) is 2.75. The van der Waals surface area contributed by atoms with Crippen LogP contribution < -0.4 is 15.0 Å². The van der Waals surface area contributed by atoms with Gasteiger partial charge in [0.1, 0.15) is 0 Å². The van der Waals surface area contributed by atoms with Gasteiger partial charge in [-0.05, 0) is 11.6 Å². The molecule has 0 unspecified atom stereocenters. The Morgan fingerprint density at radius 2 is 1.57 bits per heavy atom. The summed E-state index contributed by atoms with van der Waals surface area (Å²) in [6, 6.07) is 13.5. The fourth-order valence-corrected chi connectivity index (χ4v) is 2.67. The average Bonchev–Trinajstić information content (AvgIpc) is 2.44. The molecule has 10 heteroatoms. The first-order valence-corrected chi connectivity index (χ1v) is 9.65. The van der Waals surface area contributed by atoms with E-state index in [4.69, 9.17) is 4.55 Å². The number of benzene rings is 2. The van der Waals surface area contributed by atoms with Crippen LogP contribution >= 0.6 is 0 Å². The number of para-hydroxylation sites is 1. The minimum absolute atomic E-state index is 0.0114. The summed E-state index contributed by atoms with van der Waals surface area (Å²) in [5.74, 6) is 0. The largest absolute Gasteiger partial charge is 0.357 e. The molecule has 2 aromatic rings. The predicted octanol–water partition coefficient (Wildman–Crippen LogP) is 1.44. The molecule has 0 saturated carbocycles. The van der Waals surface area contributed by atoms with E-state index in [0.29, 0.717) is 11.1 Å². The van der Waals surface area contributed by atoms with E-state index in [-0.39, 0.29) is 11.4 Å². The second-order valence-corrected chi connectivity index (χ2v) is 7.57. The number of rotatable bonds is 6. The van der Waals surface area contributed by atoms with E-state index in [1.165, 1.54) is 6.07 Å². The van der Waals surface area contributed by atoms with Crippen molar-refractivity contribution in [2.45, 2.75) is 0 Å². The maximum atomic E-state index is 11.2. The Labute approximate surface area is 134 Å². The molecule has 0 heterocycles. The first kappa shape index (κ1) is 17.2. The van der Waals surface area contributed by atoms with Gasteiger partial charge in [-0.15, -0.1) is 4.83 Å². The van der Waals surface area contributed by atoms with E-state index in [0.717, 1.165) is 6.26 Å². The van der Waals surface area contributed by atoms with E-state index in [9.17, 15) is 16.8 Å². The molecule has 0 bridgehead atoms. The smallest absolute Gasteiger partial charge is 0.306 e. The van der Waals surface area contributed by atoms with Gasteiger partial charge in [0.2, 0.25) is 10.0 Å². The van der Waals surface area contributed by atoms with Gasteiger partial charge in [0.15, 0.2) is 0 Å². The summed E-state index contributed by atoms with van der Waals surface area (Å²) in [5.41, 5.74) is 3.70. The van der Waals surface area contributed by atoms with Crippen molar-refractivity contribution in [3.8, 4) is 11.1 Å². The van der Waals surface area contributed by atoms with Crippen molar-refractivity contribution in [2.75, 3.05) is 16.4 Å². The molecule has 23 heavy (non-hydrogen) atoms. The first-order chi connectivity index (χ1) is 10.7. The monoisotopic (exact) mass is 357 g/mol. The minimum Gasteiger partial charge on any atom is -0.306 e. The van der Waals surface area contributed by atoms with Crippen LogP contribution in [0.4, 0.5) is 11.4 Å². The molecule has 0 saturated heterocycles. The zero-order valence-corrected chi connectivity index (χ0v) is 13.6. The summed E-state index contributed by atoms with van der Waals surface area (Å²) in [4.78, 5) is 2.05. The Morgan fingerprint density at radius 3 is 2.13 bits per heavy atom. The summed E-state index contributed by atoms with van der Waals surface area (Å²) >= 11 is 0. The first-order valence-electron chi connectivity index (χ1n) is 6.32. The fraction of sp³-hybridized carbons (Fsp3) is 0.0769. The van der Waals surface area contributed by atoms with Gasteiger partial charge in [-0.3, -0.25) is 9.27 Å². The number of sulfonamides is 1. The standard InChI is InChI=1S/C13H15N3O5S2/c1-22(17,18)16-14-12-9-5-8-11(10-6-3-2-4-7-10)13(12)15-23(19,20)21/h2-9,14-16H,1H3,(H,19,20,21). The van der Waals surface area contributed by atoms with Gasteiger partial charge in [0, 0.05) is 5.56 Å². The van der Waals surface area contributed by atoms with Gasteiger partial charge >= 0.3 is 10.3 Å². The van der Waals surface area contributed by atoms with Gasteiger partial charge < -0.3 is 5.43 Å². The Balaban J connectivity index is 2.54. The van der Waals surface area contributed by atoms with Crippen molar-refractivity contribution >= 4 is 31.7 Å². The van der Waals surface area contributed by atoms with Crippen LogP contribution in [-0.4, -0.2) is 27.6 Å². The molecular weight excluding hydrogens is 342 g/mol. The molecule has 4 N–H and O–H groups in total. The maximum absolute atomic E-state index is 11.2. The number of anilines is 2. The number of hydrogen-bond acceptors (Lipinski definition) is 5. The zero-order valence-electron chi connectivity index (χ0n) is 12.0. The number of hydrazine groups is 1. The van der Waals surface area contributed by atoms with Crippen LogP contribution in [0.3, 0.4) is 0 Å². The molecule has 0 aromatic heterocycles. The third kappa shape index (κ3) is 5.21. The Morgan fingerprint density at radius 1 is 0.913 bits per heavy atom. The topological polar surface area (TPSA) is 125 Å². The maximum Gasteiger partial charge on any atom is 0.357 e. The summed E-state index contributed by atoms with van der Waals surface area (Å²) in [5, 5.41) is 0. The van der Waals surface area contributed by atoms with E-state index in [1.807, 2.05) is 9.55 Å². The van der Waals surface area contributed by atoms with Crippen molar-refractivity contribution in [3.05, 3.63) is 48.5 Å². The lowest BCUT2D eigenvalue weighted by atomic mass is 10.0. The molecule has 0 aliphatic rings. The van der Waals surface area contributed by atoms with Gasteiger partial charge in [-0.1, -0.05) is 42.5 Å². The zero-order chi connectivity index (χ0) is 17.1. The Hall–Kier alpha value is -2.14. The van der Waals surface area contributed by atoms with Gasteiger partial charge in [0.05, 0.1) is 17.6 Å². The van der Waals surface area contributed by atoms with Crippen molar-refractivity contribution in [2.24, 2.45) is 0 Å². The summed E-state index contributed by atoms with van der Waals surface area (Å²) in [6.45, 7) is 0. The lowest BCUT2D eigenvalue weighted by Gasteiger charge is -2.16. The van der Waals surface area contributed by atoms with Crippen molar-refractivity contribution in [3.63, 3.8) is 0 Å². The molecule has 2 aromatic carbocycles. The third-order valence-corrected chi connectivity index (χ3v) is 3.69. The lowest BCUT2D eigenvalue weighted by molar-refractivity contribution is 0.489. The van der Waals surface area contributed by atoms with Crippen LogP contribution in [0.25, 0.3) is 11.1 Å². The van der Waals surface area contributed by atoms with E-state index in [2.05, 4.69) is 5.43 Å². The molecule has 0 amide bonds. The highest BCUT2D eigenvalue weighted by Gasteiger charge is 2.15. The van der Waals surface area contributed by atoms with Gasteiger partial charge in [-0.2, -0.15) is 8.42 Å². The highest BCUT2D eigenvalue weighted by Crippen LogP contribution is 2.34. The molecular formula is C13H15N3O5S2. The van der Waals surface area contributed by atoms with E-state index >= 15 is 0 Å². The van der Waals surface area contributed by atoms with Crippen molar-refractivity contribution in [1.29, 1.82) is 0 Å². The normalized spacial score (nSPS) is 11.9. The summed E-state index contributed by atoms with van der Waals surface area (Å²) < 4.78 is 55.9. The van der Waals surface area contributed by atoms with Gasteiger partial charge in [-0.25, -0.2) is 8.42 Å². The SMILES string of the molecule is CS(=O)(=O)NNc1cccc(-c2ccccc2)c1NS(=O)(=O)O. The van der Waals surface area contributed by atoms with Crippen LogP contribution in [0, 0.1) is 0 Å². The molecule has 0 atom stereocenters. The quantitative estimate of drug-likeness (QED) is 0.458. The van der Waals surface area contributed by atoms with Crippen LogP contribution in [-0.2, 0) is 20.3 Å². The second kappa shape index (κ2) is 6.54. The molecule has 8 nitrogen and oxygen atoms in total. The molecule has 0 spiro atoms. The molecule has 0 radical (unpaired) electrons. The highest BCUT2D eigenvalue weighted by atomic mass is 32.2. The van der Waals surface area contributed by atoms with Gasteiger partial charge in [0.25, 0.3) is 0 Å². The number of nitrogens with one attached hydrogen (secondary N) is 3. The Kier molecular flexibility index (Phi) is 4.90. The summed E-state index contributed by atoms with van der Waals surface area (Å²) in [7, 11) is -8.11. The second-order valence-electron chi connectivity index (χ2n) is 4.67.